The van der Waals surface area contributed by atoms with E-state index >= 15 is 0 Å². The van der Waals surface area contributed by atoms with E-state index in [-0.39, 0.29) is 0 Å². The molecule has 1 saturated heterocycles. The van der Waals surface area contributed by atoms with E-state index in [0.717, 1.165) is 58.3 Å². The zero-order valence-electron chi connectivity index (χ0n) is 16.2. The molecule has 0 aliphatic carbocycles. The number of nitrogens with zero attached hydrogens (tertiary/aromatic N) is 4. The third kappa shape index (κ3) is 6.05. The van der Waals surface area contributed by atoms with Gasteiger partial charge in [0.2, 0.25) is 0 Å². The van der Waals surface area contributed by atoms with Crippen molar-refractivity contribution >= 4 is 17.3 Å². The number of nitrogens with one attached hydrogen (secondary N) is 2. The average Bonchev–Trinajstić information content (AvgIpc) is 3.35. The van der Waals surface area contributed by atoms with Crippen molar-refractivity contribution in [2.45, 2.75) is 19.4 Å². The van der Waals surface area contributed by atoms with Crippen LogP contribution in [0.3, 0.4) is 0 Å². The molecule has 0 aromatic carbocycles. The highest BCUT2D eigenvalue weighted by atomic mass is 32.1. The Labute approximate surface area is 165 Å². The first-order valence-electron chi connectivity index (χ1n) is 9.61. The fourth-order valence-corrected chi connectivity index (χ4v) is 4.05. The first kappa shape index (κ1) is 19.9. The van der Waals surface area contributed by atoms with Gasteiger partial charge in [-0.15, -0.1) is 11.3 Å². The molecule has 1 atom stereocenters. The van der Waals surface area contributed by atoms with Crippen LogP contribution in [0.25, 0.3) is 0 Å². The second kappa shape index (κ2) is 10.4. The number of aromatic nitrogens is 2. The number of guanidine groups is 1. The highest BCUT2D eigenvalue weighted by Crippen LogP contribution is 2.26. The number of rotatable bonds is 8. The lowest BCUT2D eigenvalue weighted by Gasteiger charge is -2.33. The van der Waals surface area contributed by atoms with Crippen molar-refractivity contribution in [1.29, 1.82) is 0 Å². The first-order valence-corrected chi connectivity index (χ1v) is 10.5. The standard InChI is InChI=1S/C19H30N6OS/c1-3-20-19(21-7-6-16-13-23-24(2)15-16)22-14-17(18-5-4-12-27-18)25-8-10-26-11-9-25/h4-5,12-13,15,17H,3,6-11,14H2,1-2H3,(H2,20,21,22). The van der Waals surface area contributed by atoms with E-state index in [0.29, 0.717) is 6.04 Å². The maximum atomic E-state index is 5.52. The van der Waals surface area contributed by atoms with Crippen molar-refractivity contribution in [3.05, 3.63) is 40.3 Å². The number of ether oxygens (including phenoxy) is 1. The van der Waals surface area contributed by atoms with Crippen LogP contribution in [-0.4, -0.2) is 66.6 Å². The van der Waals surface area contributed by atoms with Gasteiger partial charge < -0.3 is 15.4 Å². The van der Waals surface area contributed by atoms with E-state index in [1.807, 2.05) is 17.9 Å². The lowest BCUT2D eigenvalue weighted by Crippen LogP contribution is -2.42. The van der Waals surface area contributed by atoms with Crippen LogP contribution in [0, 0.1) is 0 Å². The third-order valence-corrected chi connectivity index (χ3v) is 5.56. The fourth-order valence-electron chi connectivity index (χ4n) is 3.20. The van der Waals surface area contributed by atoms with Gasteiger partial charge in [-0.3, -0.25) is 14.6 Å². The molecule has 8 heteroatoms. The monoisotopic (exact) mass is 390 g/mol. The van der Waals surface area contributed by atoms with E-state index in [1.165, 1.54) is 10.4 Å². The third-order valence-electron chi connectivity index (χ3n) is 4.59. The molecule has 1 aliphatic rings. The second-order valence-electron chi connectivity index (χ2n) is 6.60. The molecule has 2 aromatic rings. The average molecular weight is 391 g/mol. The van der Waals surface area contributed by atoms with Gasteiger partial charge >= 0.3 is 0 Å². The summed E-state index contributed by atoms with van der Waals surface area (Å²) in [6.45, 7) is 8.04. The molecule has 1 unspecified atom stereocenters. The van der Waals surface area contributed by atoms with Crippen LogP contribution < -0.4 is 10.6 Å². The number of morpholine rings is 1. The van der Waals surface area contributed by atoms with Gasteiger partial charge in [-0.05, 0) is 30.4 Å². The maximum Gasteiger partial charge on any atom is 0.191 e. The lowest BCUT2D eigenvalue weighted by atomic mass is 10.2. The van der Waals surface area contributed by atoms with E-state index in [9.17, 15) is 0 Å². The van der Waals surface area contributed by atoms with Crippen molar-refractivity contribution in [1.82, 2.24) is 25.3 Å². The second-order valence-corrected chi connectivity index (χ2v) is 7.58. The van der Waals surface area contributed by atoms with Gasteiger partial charge in [0.1, 0.15) is 0 Å². The Morgan fingerprint density at radius 3 is 2.89 bits per heavy atom. The van der Waals surface area contributed by atoms with Crippen molar-refractivity contribution in [3.8, 4) is 0 Å². The smallest absolute Gasteiger partial charge is 0.191 e. The zero-order chi connectivity index (χ0) is 18.9. The molecule has 1 aliphatic heterocycles. The van der Waals surface area contributed by atoms with Gasteiger partial charge in [0.05, 0.1) is 32.0 Å². The molecule has 0 saturated carbocycles. The molecule has 3 heterocycles. The number of thiophene rings is 1. The van der Waals surface area contributed by atoms with Crippen LogP contribution in [0.2, 0.25) is 0 Å². The van der Waals surface area contributed by atoms with Crippen LogP contribution in [0.4, 0.5) is 0 Å². The summed E-state index contributed by atoms with van der Waals surface area (Å²) < 4.78 is 7.36. The van der Waals surface area contributed by atoms with E-state index in [4.69, 9.17) is 9.73 Å². The molecule has 0 spiro atoms. The molecule has 27 heavy (non-hydrogen) atoms. The number of hydrogen-bond acceptors (Lipinski definition) is 5. The summed E-state index contributed by atoms with van der Waals surface area (Å²) in [5, 5.41) is 13.2. The minimum atomic E-state index is 0.308. The van der Waals surface area contributed by atoms with Crippen molar-refractivity contribution in [2.24, 2.45) is 12.0 Å². The van der Waals surface area contributed by atoms with Gasteiger partial charge in [-0.2, -0.15) is 5.10 Å². The van der Waals surface area contributed by atoms with Crippen molar-refractivity contribution in [2.75, 3.05) is 45.9 Å². The SMILES string of the molecule is CCNC(=NCC(c1cccs1)N1CCOCC1)NCCc1cnn(C)c1. The first-order chi connectivity index (χ1) is 13.3. The fraction of sp³-hybridized carbons (Fsp3) is 0.579. The van der Waals surface area contributed by atoms with Crippen LogP contribution in [0.1, 0.15) is 23.4 Å². The summed E-state index contributed by atoms with van der Waals surface area (Å²) >= 11 is 1.81. The molecular formula is C19H30N6OS. The Morgan fingerprint density at radius 2 is 2.22 bits per heavy atom. The van der Waals surface area contributed by atoms with Crippen LogP contribution in [-0.2, 0) is 18.2 Å². The van der Waals surface area contributed by atoms with Crippen LogP contribution >= 0.6 is 11.3 Å². The predicted molar refractivity (Wildman–Crippen MR) is 110 cm³/mol. The summed E-state index contributed by atoms with van der Waals surface area (Å²) in [5.74, 6) is 0.871. The van der Waals surface area contributed by atoms with Gasteiger partial charge in [-0.25, -0.2) is 0 Å². The highest BCUT2D eigenvalue weighted by Gasteiger charge is 2.23. The quantitative estimate of drug-likeness (QED) is 0.530. The Hall–Kier alpha value is -1.90. The Kier molecular flexibility index (Phi) is 7.67. The highest BCUT2D eigenvalue weighted by molar-refractivity contribution is 7.10. The van der Waals surface area contributed by atoms with Crippen LogP contribution in [0.5, 0.6) is 0 Å². The summed E-state index contributed by atoms with van der Waals surface area (Å²) in [6, 6.07) is 4.64. The Bertz CT molecular complexity index is 693. The molecule has 7 nitrogen and oxygen atoms in total. The topological polar surface area (TPSA) is 66.7 Å². The van der Waals surface area contributed by atoms with Gasteiger partial charge in [0, 0.05) is 44.3 Å². The molecule has 2 N–H and O–H groups in total. The summed E-state index contributed by atoms with van der Waals surface area (Å²) in [6.07, 6.45) is 4.89. The number of hydrogen-bond donors (Lipinski definition) is 2. The molecule has 3 rings (SSSR count). The van der Waals surface area contributed by atoms with Gasteiger partial charge in [-0.1, -0.05) is 6.07 Å². The summed E-state index contributed by atoms with van der Waals surface area (Å²) in [5.41, 5.74) is 1.23. The predicted octanol–water partition coefficient (Wildman–Crippen LogP) is 1.65. The van der Waals surface area contributed by atoms with Crippen molar-refractivity contribution in [3.63, 3.8) is 0 Å². The lowest BCUT2D eigenvalue weighted by molar-refractivity contribution is 0.0186. The Morgan fingerprint density at radius 1 is 1.37 bits per heavy atom. The summed E-state index contributed by atoms with van der Waals surface area (Å²) in [4.78, 5) is 8.73. The molecule has 2 aromatic heterocycles. The zero-order valence-corrected chi connectivity index (χ0v) is 17.0. The Balaban J connectivity index is 1.60. The minimum absolute atomic E-state index is 0.308. The normalized spacial score (nSPS) is 17.0. The largest absolute Gasteiger partial charge is 0.379 e. The minimum Gasteiger partial charge on any atom is -0.379 e. The molecule has 1 fully saturated rings. The number of aliphatic imine (C=N–C) groups is 1. The molecular weight excluding hydrogens is 360 g/mol. The van der Waals surface area contributed by atoms with Gasteiger partial charge in [0.25, 0.3) is 0 Å². The van der Waals surface area contributed by atoms with E-state index < -0.39 is 0 Å². The summed E-state index contributed by atoms with van der Waals surface area (Å²) in [7, 11) is 1.94. The molecule has 0 radical (unpaired) electrons. The van der Waals surface area contributed by atoms with Gasteiger partial charge in [0.15, 0.2) is 5.96 Å². The molecule has 0 bridgehead atoms. The molecule has 0 amide bonds. The van der Waals surface area contributed by atoms with E-state index in [1.54, 1.807) is 11.3 Å². The van der Waals surface area contributed by atoms with E-state index in [2.05, 4.69) is 51.3 Å². The van der Waals surface area contributed by atoms with Crippen molar-refractivity contribution < 1.29 is 4.74 Å². The molecule has 148 valence electrons. The number of aryl methyl sites for hydroxylation is 1. The maximum absolute atomic E-state index is 5.52. The van der Waals surface area contributed by atoms with Crippen LogP contribution in [0.15, 0.2) is 34.9 Å².